The van der Waals surface area contributed by atoms with Crippen LogP contribution in [0, 0.1) is 5.92 Å². The summed E-state index contributed by atoms with van der Waals surface area (Å²) in [5.74, 6) is 0.401. The average molecular weight is 144 g/mol. The quantitative estimate of drug-likeness (QED) is 0.575. The van der Waals surface area contributed by atoms with E-state index >= 15 is 0 Å². The first-order valence-corrected chi connectivity index (χ1v) is 3.39. The zero-order valence-corrected chi connectivity index (χ0v) is 6.37. The zero-order chi connectivity index (χ0) is 8.15. The van der Waals surface area contributed by atoms with E-state index in [4.69, 9.17) is 10.8 Å². The van der Waals surface area contributed by atoms with Crippen molar-refractivity contribution >= 4 is 6.29 Å². The second kappa shape index (κ2) is 4.41. The summed E-state index contributed by atoms with van der Waals surface area (Å²) < 4.78 is 0. The second-order valence-corrected chi connectivity index (χ2v) is 2.86. The van der Waals surface area contributed by atoms with Crippen LogP contribution in [0.4, 0.5) is 0 Å². The Morgan fingerprint density at radius 1 is 1.60 bits per heavy atom. The molecule has 3 nitrogen and oxygen atoms in total. The topological polar surface area (TPSA) is 63.3 Å². The fraction of sp³-hybridized carbons (Fsp3) is 0.857. The van der Waals surface area contributed by atoms with E-state index in [2.05, 4.69) is 0 Å². The molecule has 3 N–H and O–H groups in total. The fourth-order valence-electron chi connectivity index (χ4n) is 0.761. The van der Waals surface area contributed by atoms with Gasteiger partial charge in [-0.2, -0.15) is 0 Å². The summed E-state index contributed by atoms with van der Waals surface area (Å²) in [6.45, 7) is 3.97. The summed E-state index contributed by atoms with van der Waals surface area (Å²) in [6, 6.07) is -0.461. The third-order valence-electron chi connectivity index (χ3n) is 1.27. The molecule has 0 fully saturated rings. The van der Waals surface area contributed by atoms with E-state index in [1.54, 1.807) is 0 Å². The second-order valence-electron chi connectivity index (χ2n) is 2.86. The van der Waals surface area contributed by atoms with Crippen molar-refractivity contribution in [3.63, 3.8) is 0 Å². The van der Waals surface area contributed by atoms with Crippen LogP contribution in [0.2, 0.25) is 0 Å². The Bertz CT molecular complexity index is 104. The smallest absolute Gasteiger partial charge is 0.231 e. The van der Waals surface area contributed by atoms with Gasteiger partial charge in [-0.3, -0.25) is 4.79 Å². The standard InChI is InChI=1S/C7H14NO2/c1-5(2)3-6(8)7(10)4-9/h5-7,10H,3,8H2,1-2H3. The number of rotatable bonds is 4. The number of aliphatic hydroxyl groups excluding tert-OH is 1. The van der Waals surface area contributed by atoms with Crippen LogP contribution in [0.1, 0.15) is 20.3 Å². The molecule has 0 aliphatic rings. The number of hydrogen-bond acceptors (Lipinski definition) is 3. The summed E-state index contributed by atoms with van der Waals surface area (Å²) in [6.07, 6.45) is 0.977. The van der Waals surface area contributed by atoms with Crippen LogP contribution in [-0.2, 0) is 4.79 Å². The summed E-state index contributed by atoms with van der Waals surface area (Å²) in [7, 11) is 0. The Balaban J connectivity index is 3.60. The van der Waals surface area contributed by atoms with Gasteiger partial charge in [-0.05, 0) is 12.3 Å². The van der Waals surface area contributed by atoms with E-state index in [0.29, 0.717) is 12.3 Å². The maximum Gasteiger partial charge on any atom is 0.231 e. The van der Waals surface area contributed by atoms with Crippen molar-refractivity contribution in [2.45, 2.75) is 32.4 Å². The van der Waals surface area contributed by atoms with E-state index in [-0.39, 0.29) is 0 Å². The van der Waals surface area contributed by atoms with Crippen LogP contribution in [0.3, 0.4) is 0 Å². The SMILES string of the molecule is CC(C)CC(N)C(O)[C]=O. The molecule has 0 aromatic rings. The van der Waals surface area contributed by atoms with Crippen molar-refractivity contribution in [2.24, 2.45) is 11.7 Å². The van der Waals surface area contributed by atoms with Gasteiger partial charge in [0.2, 0.25) is 6.29 Å². The van der Waals surface area contributed by atoms with Crippen LogP contribution in [-0.4, -0.2) is 23.5 Å². The molecular formula is C7H14NO2. The largest absolute Gasteiger partial charge is 0.383 e. The van der Waals surface area contributed by atoms with Crippen molar-refractivity contribution in [2.75, 3.05) is 0 Å². The minimum atomic E-state index is -1.12. The minimum absolute atomic E-state index is 0.401. The van der Waals surface area contributed by atoms with Gasteiger partial charge in [0.05, 0.1) is 0 Å². The normalized spacial score (nSPS) is 16.9. The van der Waals surface area contributed by atoms with Gasteiger partial charge in [0.25, 0.3) is 0 Å². The number of aliphatic hydroxyl groups is 1. The summed E-state index contributed by atoms with van der Waals surface area (Å²) in [4.78, 5) is 9.87. The summed E-state index contributed by atoms with van der Waals surface area (Å²) in [5, 5.41) is 8.83. The molecule has 0 aromatic carbocycles. The fourth-order valence-corrected chi connectivity index (χ4v) is 0.761. The monoisotopic (exact) mass is 144 g/mol. The molecule has 0 rings (SSSR count). The van der Waals surface area contributed by atoms with Gasteiger partial charge < -0.3 is 10.8 Å². The summed E-state index contributed by atoms with van der Waals surface area (Å²) in [5.41, 5.74) is 5.42. The van der Waals surface area contributed by atoms with E-state index < -0.39 is 12.1 Å². The van der Waals surface area contributed by atoms with Gasteiger partial charge in [-0.15, -0.1) is 0 Å². The van der Waals surface area contributed by atoms with E-state index in [0.717, 1.165) is 0 Å². The van der Waals surface area contributed by atoms with Crippen molar-refractivity contribution in [3.8, 4) is 0 Å². The molecule has 0 aliphatic heterocycles. The molecule has 0 amide bonds. The maximum absolute atomic E-state index is 9.87. The highest BCUT2D eigenvalue weighted by molar-refractivity contribution is 5.57. The van der Waals surface area contributed by atoms with Gasteiger partial charge >= 0.3 is 0 Å². The number of carbonyl (C=O) groups excluding carboxylic acids is 1. The molecule has 0 heterocycles. The van der Waals surface area contributed by atoms with E-state index in [1.165, 1.54) is 6.29 Å². The lowest BCUT2D eigenvalue weighted by Gasteiger charge is -2.14. The maximum atomic E-state index is 9.87. The highest BCUT2D eigenvalue weighted by Crippen LogP contribution is 2.04. The third kappa shape index (κ3) is 3.58. The molecular weight excluding hydrogens is 130 g/mol. The molecule has 0 bridgehead atoms. The Kier molecular flexibility index (Phi) is 4.23. The third-order valence-corrected chi connectivity index (χ3v) is 1.27. The number of nitrogens with two attached hydrogens (primary N) is 1. The Morgan fingerprint density at radius 3 is 2.40 bits per heavy atom. The van der Waals surface area contributed by atoms with Gasteiger partial charge in [-0.1, -0.05) is 13.8 Å². The first-order valence-electron chi connectivity index (χ1n) is 3.39. The molecule has 10 heavy (non-hydrogen) atoms. The Hall–Kier alpha value is -0.410. The van der Waals surface area contributed by atoms with Crippen LogP contribution in [0.25, 0.3) is 0 Å². The van der Waals surface area contributed by atoms with Crippen molar-refractivity contribution in [1.29, 1.82) is 0 Å². The molecule has 0 spiro atoms. The van der Waals surface area contributed by atoms with Crippen molar-refractivity contribution in [1.82, 2.24) is 0 Å². The van der Waals surface area contributed by atoms with E-state index in [9.17, 15) is 4.79 Å². The molecule has 59 valence electrons. The Morgan fingerprint density at radius 2 is 2.10 bits per heavy atom. The lowest BCUT2D eigenvalue weighted by atomic mass is 10.0. The van der Waals surface area contributed by atoms with Crippen LogP contribution in [0.5, 0.6) is 0 Å². The number of hydrogen-bond donors (Lipinski definition) is 2. The van der Waals surface area contributed by atoms with Crippen molar-refractivity contribution < 1.29 is 9.90 Å². The molecule has 0 aromatic heterocycles. The molecule has 1 radical (unpaired) electrons. The molecule has 0 saturated heterocycles. The van der Waals surface area contributed by atoms with Gasteiger partial charge in [0, 0.05) is 6.04 Å². The van der Waals surface area contributed by atoms with E-state index in [1.807, 2.05) is 13.8 Å². The van der Waals surface area contributed by atoms with Gasteiger partial charge in [-0.25, -0.2) is 0 Å². The minimum Gasteiger partial charge on any atom is -0.383 e. The molecule has 2 atom stereocenters. The Labute approximate surface area is 61.2 Å². The van der Waals surface area contributed by atoms with Gasteiger partial charge in [0.1, 0.15) is 6.10 Å². The molecule has 0 saturated carbocycles. The van der Waals surface area contributed by atoms with Gasteiger partial charge in [0.15, 0.2) is 0 Å². The van der Waals surface area contributed by atoms with Crippen LogP contribution in [0.15, 0.2) is 0 Å². The lowest BCUT2D eigenvalue weighted by molar-refractivity contribution is 0.191. The predicted molar refractivity (Wildman–Crippen MR) is 39.1 cm³/mol. The molecule has 2 unspecified atom stereocenters. The average Bonchev–Trinajstić information content (AvgIpc) is 1.85. The summed E-state index contributed by atoms with van der Waals surface area (Å²) >= 11 is 0. The molecule has 0 aliphatic carbocycles. The molecule has 3 heteroatoms. The highest BCUT2D eigenvalue weighted by atomic mass is 16.3. The van der Waals surface area contributed by atoms with Crippen LogP contribution < -0.4 is 5.73 Å². The lowest BCUT2D eigenvalue weighted by Crippen LogP contribution is -2.36. The highest BCUT2D eigenvalue weighted by Gasteiger charge is 2.15. The van der Waals surface area contributed by atoms with Crippen LogP contribution >= 0.6 is 0 Å². The first kappa shape index (κ1) is 9.59. The zero-order valence-electron chi connectivity index (χ0n) is 6.37. The first-order chi connectivity index (χ1) is 4.57. The van der Waals surface area contributed by atoms with Crippen molar-refractivity contribution in [3.05, 3.63) is 0 Å². The predicted octanol–water partition coefficient (Wildman–Crippen LogP) is -0.170.